The number of hydrogen-bond acceptors (Lipinski definition) is 3. The molecular weight excluding hydrogens is 216 g/mol. The van der Waals surface area contributed by atoms with Crippen LogP contribution in [0.15, 0.2) is 39.7 Å². The van der Waals surface area contributed by atoms with Crippen molar-refractivity contribution < 1.29 is 4.42 Å². The zero-order valence-corrected chi connectivity index (χ0v) is 10.1. The fourth-order valence-electron chi connectivity index (χ4n) is 1.55. The molecule has 0 aliphatic rings. The molecule has 0 saturated heterocycles. The van der Waals surface area contributed by atoms with Gasteiger partial charge in [-0.2, -0.15) is 5.10 Å². The van der Waals surface area contributed by atoms with Crippen LogP contribution in [-0.4, -0.2) is 9.78 Å². The van der Waals surface area contributed by atoms with E-state index in [1.807, 2.05) is 6.07 Å². The molecule has 0 fully saturated rings. The summed E-state index contributed by atoms with van der Waals surface area (Å²) < 4.78 is 6.76. The molecule has 90 valence electrons. The number of furan rings is 1. The molecule has 2 rings (SSSR count). The third-order valence-electron chi connectivity index (χ3n) is 2.56. The Hall–Kier alpha value is -1.84. The van der Waals surface area contributed by atoms with E-state index in [0.29, 0.717) is 23.9 Å². The molecule has 0 bridgehead atoms. The number of aromatic nitrogens is 2. The molecule has 0 aromatic carbocycles. The second-order valence-electron chi connectivity index (χ2n) is 4.44. The minimum atomic E-state index is -0.0686. The Morgan fingerprint density at radius 2 is 2.18 bits per heavy atom. The van der Waals surface area contributed by atoms with Gasteiger partial charge in [-0.05, 0) is 30.5 Å². The molecule has 2 aromatic rings. The Morgan fingerprint density at radius 3 is 2.82 bits per heavy atom. The zero-order valence-electron chi connectivity index (χ0n) is 10.1. The predicted octanol–water partition coefficient (Wildman–Crippen LogP) is 2.55. The summed E-state index contributed by atoms with van der Waals surface area (Å²) in [7, 11) is 0. The highest BCUT2D eigenvalue weighted by atomic mass is 16.3. The van der Waals surface area contributed by atoms with Crippen molar-refractivity contribution in [3.8, 4) is 11.5 Å². The molecule has 0 amide bonds. The second kappa shape index (κ2) is 4.99. The van der Waals surface area contributed by atoms with E-state index in [-0.39, 0.29) is 5.56 Å². The summed E-state index contributed by atoms with van der Waals surface area (Å²) in [6, 6.07) is 6.86. The number of aryl methyl sites for hydroxylation is 1. The molecule has 0 spiro atoms. The minimum Gasteiger partial charge on any atom is -0.463 e. The Labute approximate surface area is 99.9 Å². The highest BCUT2D eigenvalue weighted by Crippen LogP contribution is 2.15. The van der Waals surface area contributed by atoms with Gasteiger partial charge in [0.25, 0.3) is 5.56 Å². The Balaban J connectivity index is 2.27. The van der Waals surface area contributed by atoms with Gasteiger partial charge in [0.2, 0.25) is 0 Å². The van der Waals surface area contributed by atoms with Crippen molar-refractivity contribution in [2.75, 3.05) is 0 Å². The topological polar surface area (TPSA) is 48.0 Å². The zero-order chi connectivity index (χ0) is 12.3. The van der Waals surface area contributed by atoms with E-state index in [0.717, 1.165) is 6.42 Å². The third kappa shape index (κ3) is 2.84. The van der Waals surface area contributed by atoms with Crippen molar-refractivity contribution >= 4 is 0 Å². The van der Waals surface area contributed by atoms with Crippen LogP contribution in [0.1, 0.15) is 20.3 Å². The fraction of sp³-hybridized carbons (Fsp3) is 0.385. The van der Waals surface area contributed by atoms with E-state index in [9.17, 15) is 4.79 Å². The first-order valence-corrected chi connectivity index (χ1v) is 5.79. The lowest BCUT2D eigenvalue weighted by Gasteiger charge is -2.07. The van der Waals surface area contributed by atoms with Gasteiger partial charge < -0.3 is 4.42 Å². The summed E-state index contributed by atoms with van der Waals surface area (Å²) in [6.45, 7) is 4.90. The first-order valence-electron chi connectivity index (χ1n) is 5.79. The van der Waals surface area contributed by atoms with Crippen LogP contribution in [0.2, 0.25) is 0 Å². The standard InChI is InChI=1S/C13H16N2O2/c1-10(2)7-8-15-13(16)6-5-11(14-15)12-4-3-9-17-12/h3-6,9-10H,7-8H2,1-2H3. The maximum Gasteiger partial charge on any atom is 0.266 e. The molecule has 0 unspecified atom stereocenters. The van der Waals surface area contributed by atoms with Gasteiger partial charge in [0.1, 0.15) is 5.69 Å². The SMILES string of the molecule is CC(C)CCn1nc(-c2ccco2)ccc1=O. The van der Waals surface area contributed by atoms with Crippen molar-refractivity contribution in [1.82, 2.24) is 9.78 Å². The lowest BCUT2D eigenvalue weighted by Crippen LogP contribution is -2.22. The summed E-state index contributed by atoms with van der Waals surface area (Å²) in [5.41, 5.74) is 0.624. The average molecular weight is 232 g/mol. The van der Waals surface area contributed by atoms with Gasteiger partial charge in [-0.3, -0.25) is 4.79 Å². The van der Waals surface area contributed by atoms with Crippen LogP contribution in [-0.2, 0) is 6.54 Å². The Bertz CT molecular complexity index is 527. The average Bonchev–Trinajstić information content (AvgIpc) is 2.81. The smallest absolute Gasteiger partial charge is 0.266 e. The van der Waals surface area contributed by atoms with Crippen LogP contribution in [0, 0.1) is 5.92 Å². The highest BCUT2D eigenvalue weighted by Gasteiger charge is 2.05. The lowest BCUT2D eigenvalue weighted by molar-refractivity contribution is 0.470. The molecule has 17 heavy (non-hydrogen) atoms. The van der Waals surface area contributed by atoms with Gasteiger partial charge in [0, 0.05) is 12.6 Å². The number of nitrogens with zero attached hydrogens (tertiary/aromatic N) is 2. The molecule has 0 saturated carbocycles. The molecular formula is C13H16N2O2. The molecule has 4 heteroatoms. The van der Waals surface area contributed by atoms with Crippen LogP contribution in [0.5, 0.6) is 0 Å². The summed E-state index contributed by atoms with van der Waals surface area (Å²) >= 11 is 0. The molecule has 2 aromatic heterocycles. The monoisotopic (exact) mass is 232 g/mol. The van der Waals surface area contributed by atoms with Crippen LogP contribution in [0.25, 0.3) is 11.5 Å². The number of rotatable bonds is 4. The van der Waals surface area contributed by atoms with Crippen molar-refractivity contribution in [3.05, 3.63) is 40.9 Å². The van der Waals surface area contributed by atoms with Gasteiger partial charge in [-0.1, -0.05) is 13.8 Å². The van der Waals surface area contributed by atoms with Crippen molar-refractivity contribution in [1.29, 1.82) is 0 Å². The molecule has 2 heterocycles. The van der Waals surface area contributed by atoms with Crippen LogP contribution < -0.4 is 5.56 Å². The quantitative estimate of drug-likeness (QED) is 0.813. The highest BCUT2D eigenvalue weighted by molar-refractivity contribution is 5.50. The first kappa shape index (κ1) is 11.6. The molecule has 0 N–H and O–H groups in total. The van der Waals surface area contributed by atoms with Gasteiger partial charge in [-0.15, -0.1) is 0 Å². The van der Waals surface area contributed by atoms with Crippen LogP contribution in [0.4, 0.5) is 0 Å². The maximum atomic E-state index is 11.6. The third-order valence-corrected chi connectivity index (χ3v) is 2.56. The van der Waals surface area contributed by atoms with E-state index in [1.54, 1.807) is 18.4 Å². The van der Waals surface area contributed by atoms with Crippen molar-refractivity contribution in [2.24, 2.45) is 5.92 Å². The van der Waals surface area contributed by atoms with E-state index < -0.39 is 0 Å². The fourth-order valence-corrected chi connectivity index (χ4v) is 1.55. The van der Waals surface area contributed by atoms with Crippen LogP contribution >= 0.6 is 0 Å². The summed E-state index contributed by atoms with van der Waals surface area (Å²) in [5.74, 6) is 1.24. The molecule has 4 nitrogen and oxygen atoms in total. The van der Waals surface area contributed by atoms with Crippen LogP contribution in [0.3, 0.4) is 0 Å². The maximum absolute atomic E-state index is 11.6. The predicted molar refractivity (Wildman–Crippen MR) is 65.7 cm³/mol. The van der Waals surface area contributed by atoms with Gasteiger partial charge in [-0.25, -0.2) is 4.68 Å². The van der Waals surface area contributed by atoms with E-state index in [2.05, 4.69) is 18.9 Å². The summed E-state index contributed by atoms with van der Waals surface area (Å²) in [5, 5.41) is 4.30. The molecule has 0 atom stereocenters. The summed E-state index contributed by atoms with van der Waals surface area (Å²) in [4.78, 5) is 11.6. The Kier molecular flexibility index (Phi) is 3.42. The van der Waals surface area contributed by atoms with Gasteiger partial charge >= 0.3 is 0 Å². The summed E-state index contributed by atoms with van der Waals surface area (Å²) in [6.07, 6.45) is 2.54. The van der Waals surface area contributed by atoms with E-state index in [1.165, 1.54) is 10.7 Å². The van der Waals surface area contributed by atoms with E-state index in [4.69, 9.17) is 4.42 Å². The van der Waals surface area contributed by atoms with E-state index >= 15 is 0 Å². The van der Waals surface area contributed by atoms with Crippen molar-refractivity contribution in [3.63, 3.8) is 0 Å². The molecule has 0 radical (unpaired) electrons. The van der Waals surface area contributed by atoms with Gasteiger partial charge in [0.15, 0.2) is 5.76 Å². The first-order chi connectivity index (χ1) is 8.16. The Morgan fingerprint density at radius 1 is 1.35 bits per heavy atom. The second-order valence-corrected chi connectivity index (χ2v) is 4.44. The normalized spacial score (nSPS) is 11.0. The molecule has 0 aliphatic carbocycles. The minimum absolute atomic E-state index is 0.0686. The van der Waals surface area contributed by atoms with Gasteiger partial charge in [0.05, 0.1) is 6.26 Å². The largest absolute Gasteiger partial charge is 0.463 e. The number of hydrogen-bond donors (Lipinski definition) is 0. The molecule has 0 aliphatic heterocycles. The van der Waals surface area contributed by atoms with Crippen molar-refractivity contribution in [2.45, 2.75) is 26.8 Å². The lowest BCUT2D eigenvalue weighted by atomic mass is 10.1.